The lowest BCUT2D eigenvalue weighted by Crippen LogP contribution is -2.29. The third-order valence-electron chi connectivity index (χ3n) is 2.26. The van der Waals surface area contributed by atoms with Crippen molar-refractivity contribution in [2.45, 2.75) is 19.6 Å². The van der Waals surface area contributed by atoms with E-state index in [0.717, 1.165) is 16.1 Å². The summed E-state index contributed by atoms with van der Waals surface area (Å²) < 4.78 is 4.83. The summed E-state index contributed by atoms with van der Waals surface area (Å²) in [7, 11) is 1.57. The van der Waals surface area contributed by atoms with Gasteiger partial charge in [0.15, 0.2) is 0 Å². The molecule has 3 nitrogen and oxygen atoms in total. The molecule has 0 saturated heterocycles. The Kier molecular flexibility index (Phi) is 5.77. The van der Waals surface area contributed by atoms with Crippen LogP contribution in [0, 0.1) is 6.92 Å². The second kappa shape index (κ2) is 6.86. The maximum atomic E-state index is 9.42. The van der Waals surface area contributed by atoms with E-state index >= 15 is 0 Å². The van der Waals surface area contributed by atoms with Crippen LogP contribution in [0.2, 0.25) is 5.02 Å². The van der Waals surface area contributed by atoms with E-state index in [1.807, 2.05) is 25.1 Å². The van der Waals surface area contributed by atoms with Crippen molar-refractivity contribution in [3.05, 3.63) is 34.3 Å². The Morgan fingerprint density at radius 3 is 2.88 bits per heavy atom. The van der Waals surface area contributed by atoms with Crippen molar-refractivity contribution in [3.8, 4) is 0 Å². The number of aliphatic hydroxyl groups excluding tert-OH is 1. The lowest BCUT2D eigenvalue weighted by atomic mass is 10.1. The minimum atomic E-state index is -0.478. The fourth-order valence-electron chi connectivity index (χ4n) is 1.42. The molecule has 1 aromatic rings. The van der Waals surface area contributed by atoms with Crippen LogP contribution in [0.25, 0.3) is 0 Å². The molecule has 0 aliphatic carbocycles. The van der Waals surface area contributed by atoms with Gasteiger partial charge in [-0.25, -0.2) is 0 Å². The highest BCUT2D eigenvalue weighted by atomic mass is 35.5. The molecular formula is C12H18ClNO2. The van der Waals surface area contributed by atoms with Crippen LogP contribution in [0.5, 0.6) is 0 Å². The Bertz CT molecular complexity index is 331. The van der Waals surface area contributed by atoms with Crippen molar-refractivity contribution >= 4 is 11.6 Å². The number of aryl methyl sites for hydroxylation is 1. The molecule has 0 amide bonds. The fourth-order valence-corrected chi connectivity index (χ4v) is 1.72. The number of halogens is 1. The first kappa shape index (κ1) is 13.5. The molecule has 90 valence electrons. The van der Waals surface area contributed by atoms with Crippen LogP contribution >= 0.6 is 11.6 Å². The minimum Gasteiger partial charge on any atom is -0.389 e. The molecule has 0 bridgehead atoms. The molecule has 0 aliphatic rings. The van der Waals surface area contributed by atoms with Gasteiger partial charge in [-0.15, -0.1) is 0 Å². The lowest BCUT2D eigenvalue weighted by Gasteiger charge is -2.11. The van der Waals surface area contributed by atoms with Gasteiger partial charge in [0.05, 0.1) is 12.7 Å². The Labute approximate surface area is 101 Å². The van der Waals surface area contributed by atoms with E-state index in [9.17, 15) is 5.11 Å². The van der Waals surface area contributed by atoms with Crippen LogP contribution in [-0.4, -0.2) is 31.5 Å². The quantitative estimate of drug-likeness (QED) is 0.800. The topological polar surface area (TPSA) is 41.5 Å². The summed E-state index contributed by atoms with van der Waals surface area (Å²) in [5.41, 5.74) is 2.19. The molecule has 0 aliphatic heterocycles. The second-order valence-corrected chi connectivity index (χ2v) is 4.24. The van der Waals surface area contributed by atoms with Crippen molar-refractivity contribution in [2.24, 2.45) is 0 Å². The maximum Gasteiger partial charge on any atom is 0.0897 e. The normalized spacial score (nSPS) is 12.8. The first-order chi connectivity index (χ1) is 7.63. The number of nitrogens with one attached hydrogen (secondary N) is 1. The van der Waals surface area contributed by atoms with Gasteiger partial charge in [0, 0.05) is 25.2 Å². The predicted octanol–water partition coefficient (Wildman–Crippen LogP) is 1.75. The van der Waals surface area contributed by atoms with Gasteiger partial charge in [0.1, 0.15) is 0 Å². The number of ether oxygens (including phenoxy) is 1. The van der Waals surface area contributed by atoms with E-state index in [1.165, 1.54) is 0 Å². The zero-order chi connectivity index (χ0) is 12.0. The van der Waals surface area contributed by atoms with Crippen LogP contribution in [0.4, 0.5) is 0 Å². The zero-order valence-electron chi connectivity index (χ0n) is 9.66. The third kappa shape index (κ3) is 4.49. The Hall–Kier alpha value is -0.610. The van der Waals surface area contributed by atoms with Gasteiger partial charge in [-0.05, 0) is 24.1 Å². The summed E-state index contributed by atoms with van der Waals surface area (Å²) in [6.07, 6.45) is -0.478. The third-order valence-corrected chi connectivity index (χ3v) is 2.61. The molecule has 1 aromatic carbocycles. The standard InChI is InChI=1S/C12H18ClNO2/c1-9-3-4-10(12(13)5-9)6-14-7-11(15)8-16-2/h3-5,11,14-15H,6-8H2,1-2H3. The van der Waals surface area contributed by atoms with Gasteiger partial charge < -0.3 is 15.2 Å². The molecule has 4 heteroatoms. The van der Waals surface area contributed by atoms with Gasteiger partial charge in [0.25, 0.3) is 0 Å². The molecule has 0 fully saturated rings. The Balaban J connectivity index is 2.37. The molecule has 2 N–H and O–H groups in total. The van der Waals surface area contributed by atoms with Crippen molar-refractivity contribution in [1.29, 1.82) is 0 Å². The molecular weight excluding hydrogens is 226 g/mol. The lowest BCUT2D eigenvalue weighted by molar-refractivity contribution is 0.0644. The van der Waals surface area contributed by atoms with Gasteiger partial charge in [-0.2, -0.15) is 0 Å². The number of rotatable bonds is 6. The number of methoxy groups -OCH3 is 1. The minimum absolute atomic E-state index is 0.342. The summed E-state index contributed by atoms with van der Waals surface area (Å²) >= 11 is 6.08. The largest absolute Gasteiger partial charge is 0.389 e. The Morgan fingerprint density at radius 1 is 1.50 bits per heavy atom. The number of hydrogen-bond acceptors (Lipinski definition) is 3. The molecule has 16 heavy (non-hydrogen) atoms. The molecule has 0 aromatic heterocycles. The van der Waals surface area contributed by atoms with Crippen molar-refractivity contribution < 1.29 is 9.84 Å². The smallest absolute Gasteiger partial charge is 0.0897 e. The van der Waals surface area contributed by atoms with Gasteiger partial charge >= 0.3 is 0 Å². The van der Waals surface area contributed by atoms with E-state index in [1.54, 1.807) is 7.11 Å². The monoisotopic (exact) mass is 243 g/mol. The average molecular weight is 244 g/mol. The van der Waals surface area contributed by atoms with Gasteiger partial charge in [0.2, 0.25) is 0 Å². The molecule has 0 saturated carbocycles. The van der Waals surface area contributed by atoms with Crippen molar-refractivity contribution in [2.75, 3.05) is 20.3 Å². The van der Waals surface area contributed by atoms with Crippen molar-refractivity contribution in [1.82, 2.24) is 5.32 Å². The number of aliphatic hydroxyl groups is 1. The summed E-state index contributed by atoms with van der Waals surface area (Å²) in [6, 6.07) is 5.95. The highest BCUT2D eigenvalue weighted by Crippen LogP contribution is 2.17. The van der Waals surface area contributed by atoms with Crippen molar-refractivity contribution in [3.63, 3.8) is 0 Å². The second-order valence-electron chi connectivity index (χ2n) is 3.83. The van der Waals surface area contributed by atoms with E-state index in [-0.39, 0.29) is 0 Å². The molecule has 0 spiro atoms. The molecule has 1 unspecified atom stereocenters. The summed E-state index contributed by atoms with van der Waals surface area (Å²) in [5.74, 6) is 0. The van der Waals surface area contributed by atoms with E-state index in [4.69, 9.17) is 16.3 Å². The van der Waals surface area contributed by atoms with E-state index in [2.05, 4.69) is 5.32 Å². The number of hydrogen-bond donors (Lipinski definition) is 2. The molecule has 1 rings (SSSR count). The van der Waals surface area contributed by atoms with Crippen LogP contribution in [-0.2, 0) is 11.3 Å². The Morgan fingerprint density at radius 2 is 2.25 bits per heavy atom. The van der Waals surface area contributed by atoms with Crippen LogP contribution in [0.3, 0.4) is 0 Å². The SMILES string of the molecule is COCC(O)CNCc1ccc(C)cc1Cl. The van der Waals surface area contributed by atoms with Gasteiger partial charge in [-0.1, -0.05) is 23.7 Å². The van der Waals surface area contributed by atoms with Gasteiger partial charge in [-0.3, -0.25) is 0 Å². The predicted molar refractivity (Wildman–Crippen MR) is 65.8 cm³/mol. The van der Waals surface area contributed by atoms with E-state index in [0.29, 0.717) is 19.7 Å². The molecule has 0 radical (unpaired) electrons. The first-order valence-corrected chi connectivity index (χ1v) is 5.64. The zero-order valence-corrected chi connectivity index (χ0v) is 10.4. The highest BCUT2D eigenvalue weighted by molar-refractivity contribution is 6.31. The van der Waals surface area contributed by atoms with Crippen LogP contribution in [0.15, 0.2) is 18.2 Å². The van der Waals surface area contributed by atoms with Crippen LogP contribution < -0.4 is 5.32 Å². The fraction of sp³-hybridized carbons (Fsp3) is 0.500. The summed E-state index contributed by atoms with van der Waals surface area (Å²) in [6.45, 7) is 3.50. The molecule has 0 heterocycles. The highest BCUT2D eigenvalue weighted by Gasteiger charge is 2.04. The molecule has 1 atom stereocenters. The van der Waals surface area contributed by atoms with E-state index < -0.39 is 6.10 Å². The average Bonchev–Trinajstić information content (AvgIpc) is 2.22. The summed E-state index contributed by atoms with van der Waals surface area (Å²) in [4.78, 5) is 0. The maximum absolute atomic E-state index is 9.42. The first-order valence-electron chi connectivity index (χ1n) is 5.26. The summed E-state index contributed by atoms with van der Waals surface area (Å²) in [5, 5.41) is 13.3. The number of benzene rings is 1. The van der Waals surface area contributed by atoms with Crippen LogP contribution in [0.1, 0.15) is 11.1 Å².